The first-order chi connectivity index (χ1) is 9.66. The van der Waals surface area contributed by atoms with Gasteiger partial charge >= 0.3 is 0 Å². The third-order valence-corrected chi connectivity index (χ3v) is 2.59. The molecule has 2 aromatic rings. The Morgan fingerprint density at radius 1 is 0.950 bits per heavy atom. The largest absolute Gasteiger partial charge is 0.294 e. The molecule has 5 nitrogen and oxygen atoms in total. The first-order valence-electron chi connectivity index (χ1n) is 5.99. The predicted molar refractivity (Wildman–Crippen MR) is 72.1 cm³/mol. The highest BCUT2D eigenvalue weighted by molar-refractivity contribution is 6.13. The molecule has 1 N–H and O–H groups in total. The Morgan fingerprint density at radius 3 is 2.30 bits per heavy atom. The molecular weight excluding hydrogens is 256 g/mol. The van der Waals surface area contributed by atoms with Gasteiger partial charge in [0, 0.05) is 23.5 Å². The molecule has 0 aliphatic rings. The van der Waals surface area contributed by atoms with E-state index in [1.54, 1.807) is 42.5 Å². The van der Waals surface area contributed by atoms with Crippen LogP contribution in [-0.2, 0) is 4.79 Å². The van der Waals surface area contributed by atoms with E-state index in [2.05, 4.69) is 10.3 Å². The minimum absolute atomic E-state index is 0.342. The number of rotatable bonds is 4. The Balaban J connectivity index is 1.93. The van der Waals surface area contributed by atoms with Gasteiger partial charge in [0.05, 0.1) is 6.42 Å². The van der Waals surface area contributed by atoms with Gasteiger partial charge < -0.3 is 0 Å². The lowest BCUT2D eigenvalue weighted by atomic mass is 10.1. The maximum absolute atomic E-state index is 11.8. The van der Waals surface area contributed by atoms with Gasteiger partial charge in [-0.05, 0) is 24.3 Å². The highest BCUT2D eigenvalue weighted by atomic mass is 16.2. The van der Waals surface area contributed by atoms with Crippen LogP contribution in [0.25, 0.3) is 0 Å². The number of benzene rings is 1. The number of ketones is 1. The number of amides is 2. The molecule has 0 radical (unpaired) electrons. The van der Waals surface area contributed by atoms with E-state index in [-0.39, 0.29) is 12.2 Å². The fourth-order valence-corrected chi connectivity index (χ4v) is 1.61. The van der Waals surface area contributed by atoms with Crippen molar-refractivity contribution in [3.63, 3.8) is 0 Å². The number of carbonyl (C=O) groups excluding carboxylic acids is 3. The summed E-state index contributed by atoms with van der Waals surface area (Å²) in [5.74, 6) is -1.53. The first-order valence-corrected chi connectivity index (χ1v) is 5.99. The second-order valence-corrected chi connectivity index (χ2v) is 4.08. The van der Waals surface area contributed by atoms with Gasteiger partial charge in [-0.25, -0.2) is 0 Å². The molecule has 1 aromatic heterocycles. The quantitative estimate of drug-likeness (QED) is 0.675. The van der Waals surface area contributed by atoms with Crippen LogP contribution >= 0.6 is 0 Å². The molecule has 0 saturated carbocycles. The van der Waals surface area contributed by atoms with Crippen molar-refractivity contribution in [2.75, 3.05) is 0 Å². The van der Waals surface area contributed by atoms with Gasteiger partial charge in [0.1, 0.15) is 0 Å². The van der Waals surface area contributed by atoms with Crippen molar-refractivity contribution in [1.29, 1.82) is 0 Å². The van der Waals surface area contributed by atoms with E-state index < -0.39 is 11.8 Å². The maximum Gasteiger partial charge on any atom is 0.257 e. The average Bonchev–Trinajstić information content (AvgIpc) is 2.49. The number of nitrogens with zero attached hydrogens (tertiary/aromatic N) is 1. The van der Waals surface area contributed by atoms with Crippen molar-refractivity contribution in [3.8, 4) is 0 Å². The summed E-state index contributed by atoms with van der Waals surface area (Å²) >= 11 is 0. The van der Waals surface area contributed by atoms with Crippen molar-refractivity contribution in [2.24, 2.45) is 0 Å². The third kappa shape index (κ3) is 3.58. The van der Waals surface area contributed by atoms with Crippen molar-refractivity contribution in [2.45, 2.75) is 6.42 Å². The van der Waals surface area contributed by atoms with Gasteiger partial charge in [-0.1, -0.05) is 18.2 Å². The maximum atomic E-state index is 11.8. The molecule has 0 saturated heterocycles. The van der Waals surface area contributed by atoms with Crippen LogP contribution in [0.5, 0.6) is 0 Å². The molecule has 2 amide bonds. The molecule has 1 aromatic carbocycles. The monoisotopic (exact) mass is 268 g/mol. The molecular formula is C15H12N2O3. The molecule has 1 heterocycles. The summed E-state index contributed by atoms with van der Waals surface area (Å²) in [6.45, 7) is 0. The molecule has 100 valence electrons. The van der Waals surface area contributed by atoms with Crippen LogP contribution in [0.3, 0.4) is 0 Å². The standard InChI is InChI=1S/C15H12N2O3/c18-13(12-7-4-8-16-10-12)9-14(19)17-15(20)11-5-2-1-3-6-11/h1-8,10H,9H2,(H,17,19,20). The molecule has 0 bridgehead atoms. The van der Waals surface area contributed by atoms with Crippen LogP contribution < -0.4 is 5.32 Å². The van der Waals surface area contributed by atoms with Crippen LogP contribution in [0.1, 0.15) is 27.1 Å². The van der Waals surface area contributed by atoms with Crippen molar-refractivity contribution < 1.29 is 14.4 Å². The molecule has 20 heavy (non-hydrogen) atoms. The summed E-state index contributed by atoms with van der Waals surface area (Å²) in [7, 11) is 0. The number of imide groups is 1. The summed E-state index contributed by atoms with van der Waals surface area (Å²) in [5.41, 5.74) is 0.712. The summed E-state index contributed by atoms with van der Waals surface area (Å²) in [6, 6.07) is 11.5. The lowest BCUT2D eigenvalue weighted by molar-refractivity contribution is -0.119. The van der Waals surface area contributed by atoms with E-state index in [1.807, 2.05) is 0 Å². The molecule has 5 heteroatoms. The third-order valence-electron chi connectivity index (χ3n) is 2.59. The summed E-state index contributed by atoms with van der Waals surface area (Å²) in [6.07, 6.45) is 2.54. The Morgan fingerprint density at radius 2 is 1.65 bits per heavy atom. The topological polar surface area (TPSA) is 76.1 Å². The minimum Gasteiger partial charge on any atom is -0.294 e. The van der Waals surface area contributed by atoms with E-state index in [0.29, 0.717) is 11.1 Å². The number of nitrogens with one attached hydrogen (secondary N) is 1. The zero-order valence-corrected chi connectivity index (χ0v) is 10.6. The van der Waals surface area contributed by atoms with E-state index in [4.69, 9.17) is 0 Å². The number of Topliss-reactive ketones (excluding diaryl/α,β-unsaturated/α-hetero) is 1. The number of hydrogen-bond acceptors (Lipinski definition) is 4. The number of hydrogen-bond donors (Lipinski definition) is 1. The Labute approximate surface area is 115 Å². The molecule has 0 aliphatic heterocycles. The number of aromatic nitrogens is 1. The fraction of sp³-hybridized carbons (Fsp3) is 0.0667. The van der Waals surface area contributed by atoms with Gasteiger partial charge in [-0.2, -0.15) is 0 Å². The van der Waals surface area contributed by atoms with E-state index in [9.17, 15) is 14.4 Å². The normalized spacial score (nSPS) is 9.80. The molecule has 0 atom stereocenters. The van der Waals surface area contributed by atoms with Crippen molar-refractivity contribution >= 4 is 17.6 Å². The second-order valence-electron chi connectivity index (χ2n) is 4.08. The highest BCUT2D eigenvalue weighted by Gasteiger charge is 2.15. The number of carbonyl (C=O) groups is 3. The molecule has 0 spiro atoms. The highest BCUT2D eigenvalue weighted by Crippen LogP contribution is 2.02. The molecule has 0 aliphatic carbocycles. The summed E-state index contributed by atoms with van der Waals surface area (Å²) in [5, 5.41) is 2.18. The average molecular weight is 268 g/mol. The van der Waals surface area contributed by atoms with Crippen LogP contribution in [0, 0.1) is 0 Å². The van der Waals surface area contributed by atoms with Crippen LogP contribution in [0.15, 0.2) is 54.9 Å². The predicted octanol–water partition coefficient (Wildman–Crippen LogP) is 1.61. The summed E-state index contributed by atoms with van der Waals surface area (Å²) < 4.78 is 0. The van der Waals surface area contributed by atoms with Crippen molar-refractivity contribution in [1.82, 2.24) is 10.3 Å². The summed E-state index contributed by atoms with van der Waals surface area (Å²) in [4.78, 5) is 38.9. The van der Waals surface area contributed by atoms with Gasteiger partial charge in [0.2, 0.25) is 5.91 Å². The zero-order chi connectivity index (χ0) is 14.4. The minimum atomic E-state index is -0.632. The van der Waals surface area contributed by atoms with Gasteiger partial charge in [0.15, 0.2) is 5.78 Å². The Hall–Kier alpha value is -2.82. The van der Waals surface area contributed by atoms with E-state index in [0.717, 1.165) is 0 Å². The van der Waals surface area contributed by atoms with Crippen LogP contribution in [-0.4, -0.2) is 22.6 Å². The fourth-order valence-electron chi connectivity index (χ4n) is 1.61. The number of pyridine rings is 1. The molecule has 0 fully saturated rings. The van der Waals surface area contributed by atoms with Crippen LogP contribution in [0.4, 0.5) is 0 Å². The van der Waals surface area contributed by atoms with Crippen molar-refractivity contribution in [3.05, 3.63) is 66.0 Å². The smallest absolute Gasteiger partial charge is 0.257 e. The SMILES string of the molecule is O=C(CC(=O)c1cccnc1)NC(=O)c1ccccc1. The van der Waals surface area contributed by atoms with Gasteiger partial charge in [0.25, 0.3) is 5.91 Å². The lowest BCUT2D eigenvalue weighted by Gasteiger charge is -2.03. The van der Waals surface area contributed by atoms with Crippen LogP contribution in [0.2, 0.25) is 0 Å². The first kappa shape index (κ1) is 13.6. The van der Waals surface area contributed by atoms with Gasteiger partial charge in [-0.3, -0.25) is 24.7 Å². The Kier molecular flexibility index (Phi) is 4.34. The molecule has 0 unspecified atom stereocenters. The van der Waals surface area contributed by atoms with E-state index >= 15 is 0 Å². The van der Waals surface area contributed by atoms with E-state index in [1.165, 1.54) is 12.4 Å². The second kappa shape index (κ2) is 6.38. The zero-order valence-electron chi connectivity index (χ0n) is 10.6. The lowest BCUT2D eigenvalue weighted by Crippen LogP contribution is -2.31. The molecule has 2 rings (SSSR count). The Bertz CT molecular complexity index is 569. The van der Waals surface area contributed by atoms with Gasteiger partial charge in [-0.15, -0.1) is 0 Å².